The summed E-state index contributed by atoms with van der Waals surface area (Å²) in [5.74, 6) is 1.28. The molecule has 4 aromatic rings. The Morgan fingerprint density at radius 3 is 2.90 bits per heavy atom. The molecule has 152 valence electrons. The van der Waals surface area contributed by atoms with Gasteiger partial charge in [-0.1, -0.05) is 18.2 Å². The van der Waals surface area contributed by atoms with E-state index in [9.17, 15) is 5.11 Å². The van der Waals surface area contributed by atoms with Crippen molar-refractivity contribution in [2.75, 3.05) is 12.3 Å². The Morgan fingerprint density at radius 1 is 1.27 bits per heavy atom. The molecular weight excluding hydrogens is 513 g/mol. The summed E-state index contributed by atoms with van der Waals surface area (Å²) in [4.78, 5) is 10.6. The van der Waals surface area contributed by atoms with Gasteiger partial charge in [0.15, 0.2) is 5.65 Å². The van der Waals surface area contributed by atoms with Gasteiger partial charge in [-0.2, -0.15) is 5.10 Å². The molecule has 7 nitrogen and oxygen atoms in total. The van der Waals surface area contributed by atoms with E-state index in [1.807, 2.05) is 28.9 Å². The number of halogens is 1. The second-order valence-electron chi connectivity index (χ2n) is 6.98. The van der Waals surface area contributed by atoms with E-state index in [1.54, 1.807) is 11.3 Å². The normalized spacial score (nSPS) is 14.6. The third kappa shape index (κ3) is 3.08. The van der Waals surface area contributed by atoms with Crippen molar-refractivity contribution in [3.63, 3.8) is 0 Å². The number of nitrogen functional groups attached to an aromatic ring is 1. The Hall–Kier alpha value is -2.50. The van der Waals surface area contributed by atoms with Crippen LogP contribution in [0.4, 0.5) is 5.82 Å². The predicted molar refractivity (Wildman–Crippen MR) is 125 cm³/mol. The lowest BCUT2D eigenvalue weighted by atomic mass is 9.92. The molecule has 0 spiro atoms. The Balaban J connectivity index is 1.73. The zero-order valence-electron chi connectivity index (χ0n) is 16.0. The lowest BCUT2D eigenvalue weighted by Crippen LogP contribution is -2.20. The van der Waals surface area contributed by atoms with E-state index in [2.05, 4.69) is 51.6 Å². The molecule has 3 N–H and O–H groups in total. The van der Waals surface area contributed by atoms with Crippen LogP contribution < -0.4 is 10.5 Å². The lowest BCUT2D eigenvalue weighted by Gasteiger charge is -2.27. The molecule has 0 fully saturated rings. The van der Waals surface area contributed by atoms with E-state index < -0.39 is 0 Å². The molecule has 4 heterocycles. The van der Waals surface area contributed by atoms with Crippen LogP contribution in [0.25, 0.3) is 16.6 Å². The number of hydrogen-bond acceptors (Lipinski definition) is 7. The summed E-state index contributed by atoms with van der Waals surface area (Å²) in [5.41, 5.74) is 10.0. The van der Waals surface area contributed by atoms with E-state index in [0.29, 0.717) is 18.1 Å². The number of hydrogen-bond donors (Lipinski definition) is 2. The van der Waals surface area contributed by atoms with Gasteiger partial charge in [0.25, 0.3) is 0 Å². The van der Waals surface area contributed by atoms with Crippen LogP contribution in [0.2, 0.25) is 0 Å². The van der Waals surface area contributed by atoms with Crippen molar-refractivity contribution in [3.05, 3.63) is 67.3 Å². The minimum atomic E-state index is -0.117. The number of thiophene rings is 1. The first-order chi connectivity index (χ1) is 14.6. The SMILES string of the molecule is CC(C1=C(c2ccc(CO)s2)c2ccccc2OC1)n1nc(I)c2c(N)ncnc21. The highest BCUT2D eigenvalue weighted by atomic mass is 127. The number of fused-ring (bicyclic) bond motifs is 2. The molecule has 1 unspecified atom stereocenters. The average Bonchev–Trinajstić information content (AvgIpc) is 3.37. The van der Waals surface area contributed by atoms with Gasteiger partial charge in [-0.05, 0) is 47.7 Å². The zero-order valence-corrected chi connectivity index (χ0v) is 19.0. The number of rotatable bonds is 4. The molecular formula is C21H18IN5O2S. The smallest absolute Gasteiger partial charge is 0.165 e. The summed E-state index contributed by atoms with van der Waals surface area (Å²) in [6, 6.07) is 11.9. The first-order valence-electron chi connectivity index (χ1n) is 9.38. The van der Waals surface area contributed by atoms with Crippen LogP contribution >= 0.6 is 33.9 Å². The van der Waals surface area contributed by atoms with Gasteiger partial charge in [-0.25, -0.2) is 14.6 Å². The average molecular weight is 531 g/mol. The third-order valence-corrected chi connectivity index (χ3v) is 7.11. The second kappa shape index (κ2) is 7.64. The highest BCUT2D eigenvalue weighted by Gasteiger charge is 2.28. The highest BCUT2D eigenvalue weighted by Crippen LogP contribution is 2.43. The maximum atomic E-state index is 9.57. The van der Waals surface area contributed by atoms with Crippen LogP contribution in [0.3, 0.4) is 0 Å². The van der Waals surface area contributed by atoms with Gasteiger partial charge in [-0.15, -0.1) is 11.3 Å². The number of nitrogens with two attached hydrogens (primary N) is 1. The molecule has 0 saturated heterocycles. The fourth-order valence-corrected chi connectivity index (χ4v) is 5.50. The molecule has 0 aliphatic carbocycles. The number of para-hydroxylation sites is 1. The van der Waals surface area contributed by atoms with Crippen molar-refractivity contribution >= 4 is 56.4 Å². The molecule has 0 amide bonds. The molecule has 1 aliphatic heterocycles. The number of aliphatic hydroxyl groups is 1. The first kappa shape index (κ1) is 19.5. The zero-order chi connectivity index (χ0) is 20.8. The second-order valence-corrected chi connectivity index (χ2v) is 9.17. The Kier molecular flexibility index (Phi) is 4.95. The summed E-state index contributed by atoms with van der Waals surface area (Å²) >= 11 is 3.76. The van der Waals surface area contributed by atoms with Crippen LogP contribution in [0.15, 0.2) is 48.3 Å². The number of benzene rings is 1. The topological polar surface area (TPSA) is 99.1 Å². The molecule has 1 aromatic carbocycles. The van der Waals surface area contributed by atoms with Crippen molar-refractivity contribution in [2.45, 2.75) is 19.6 Å². The van der Waals surface area contributed by atoms with Crippen LogP contribution in [0.5, 0.6) is 5.75 Å². The number of anilines is 1. The van der Waals surface area contributed by atoms with Gasteiger partial charge in [-0.3, -0.25) is 0 Å². The molecule has 1 aliphatic rings. The van der Waals surface area contributed by atoms with Crippen molar-refractivity contribution in [2.24, 2.45) is 0 Å². The third-order valence-electron chi connectivity index (χ3n) is 5.27. The number of nitrogens with zero attached hydrogens (tertiary/aromatic N) is 4. The molecule has 3 aromatic heterocycles. The fourth-order valence-electron chi connectivity index (χ4n) is 3.79. The minimum Gasteiger partial charge on any atom is -0.488 e. The fraction of sp³-hybridized carbons (Fsp3) is 0.190. The van der Waals surface area contributed by atoms with E-state index in [4.69, 9.17) is 15.6 Å². The summed E-state index contributed by atoms with van der Waals surface area (Å²) < 4.78 is 8.76. The highest BCUT2D eigenvalue weighted by molar-refractivity contribution is 14.1. The van der Waals surface area contributed by atoms with Gasteiger partial charge in [0.1, 0.15) is 28.2 Å². The Bertz CT molecular complexity index is 1300. The summed E-state index contributed by atoms with van der Waals surface area (Å²) in [6.45, 7) is 2.56. The van der Waals surface area contributed by atoms with Gasteiger partial charge in [0, 0.05) is 26.5 Å². The van der Waals surface area contributed by atoms with E-state index in [-0.39, 0.29) is 12.6 Å². The largest absolute Gasteiger partial charge is 0.488 e. The molecule has 0 bridgehead atoms. The van der Waals surface area contributed by atoms with Gasteiger partial charge >= 0.3 is 0 Å². The van der Waals surface area contributed by atoms with Crippen molar-refractivity contribution in [3.8, 4) is 5.75 Å². The van der Waals surface area contributed by atoms with Crippen LogP contribution in [-0.4, -0.2) is 31.5 Å². The van der Waals surface area contributed by atoms with E-state index in [1.165, 1.54) is 6.33 Å². The lowest BCUT2D eigenvalue weighted by molar-refractivity contribution is 0.285. The molecule has 9 heteroatoms. The van der Waals surface area contributed by atoms with Crippen LogP contribution in [-0.2, 0) is 6.61 Å². The maximum absolute atomic E-state index is 9.57. The van der Waals surface area contributed by atoms with Gasteiger partial charge < -0.3 is 15.6 Å². The predicted octanol–water partition coefficient (Wildman–Crippen LogP) is 4.02. The molecule has 1 atom stereocenters. The molecule has 30 heavy (non-hydrogen) atoms. The summed E-state index contributed by atoms with van der Waals surface area (Å²) in [7, 11) is 0. The minimum absolute atomic E-state index is 0.0270. The number of aliphatic hydroxyl groups excluding tert-OH is 1. The van der Waals surface area contributed by atoms with E-state index >= 15 is 0 Å². The van der Waals surface area contributed by atoms with Gasteiger partial charge in [0.05, 0.1) is 18.0 Å². The van der Waals surface area contributed by atoms with Crippen LogP contribution in [0.1, 0.15) is 28.3 Å². The monoisotopic (exact) mass is 531 g/mol. The summed E-state index contributed by atoms with van der Waals surface area (Å²) in [5, 5.41) is 15.1. The number of aromatic nitrogens is 4. The first-order valence-corrected chi connectivity index (χ1v) is 11.3. The quantitative estimate of drug-likeness (QED) is 0.386. The standard InChI is InChI=1S/C21H18IN5O2S/c1-11(27-21-18(19(22)26-27)20(23)24-10-25-21)14-9-29-15-5-3-2-4-13(15)17(14)16-7-6-12(8-28)30-16/h2-7,10-11,28H,8-9H2,1H3,(H2,23,24,25). The van der Waals surface area contributed by atoms with Crippen molar-refractivity contribution in [1.82, 2.24) is 19.7 Å². The summed E-state index contributed by atoms with van der Waals surface area (Å²) in [6.07, 6.45) is 1.47. The van der Waals surface area contributed by atoms with Crippen LogP contribution in [0, 0.1) is 3.70 Å². The van der Waals surface area contributed by atoms with Gasteiger partial charge in [0.2, 0.25) is 0 Å². The van der Waals surface area contributed by atoms with Crippen molar-refractivity contribution in [1.29, 1.82) is 0 Å². The Labute approximate surface area is 190 Å². The molecule has 5 rings (SSSR count). The molecule has 0 saturated carbocycles. The van der Waals surface area contributed by atoms with Crippen molar-refractivity contribution < 1.29 is 9.84 Å². The van der Waals surface area contributed by atoms with E-state index in [0.717, 1.165) is 41.3 Å². The Morgan fingerprint density at radius 2 is 2.10 bits per heavy atom. The number of ether oxygens (including phenoxy) is 1. The molecule has 0 radical (unpaired) electrons. The maximum Gasteiger partial charge on any atom is 0.165 e.